The summed E-state index contributed by atoms with van der Waals surface area (Å²) >= 11 is 0. The molecule has 0 spiro atoms. The Labute approximate surface area is 135 Å². The number of carbonyl (C=O) groups is 1. The molecule has 0 amide bonds. The number of aromatic carboxylic acids is 1. The zero-order valence-electron chi connectivity index (χ0n) is 12.6. The second-order valence-electron chi connectivity index (χ2n) is 4.75. The van der Waals surface area contributed by atoms with Gasteiger partial charge in [0.25, 0.3) is 10.0 Å². The summed E-state index contributed by atoms with van der Waals surface area (Å²) in [6.45, 7) is 1.79. The highest BCUT2D eigenvalue weighted by atomic mass is 32.2. The highest BCUT2D eigenvalue weighted by Crippen LogP contribution is 2.24. The molecule has 0 bridgehead atoms. The summed E-state index contributed by atoms with van der Waals surface area (Å²) in [6, 6.07) is 15.1. The van der Waals surface area contributed by atoms with E-state index in [-0.39, 0.29) is 17.8 Å². The number of carboxylic acids is 1. The molecule has 5 nitrogen and oxygen atoms in total. The smallest absolute Gasteiger partial charge is 0.337 e. The van der Waals surface area contributed by atoms with Crippen LogP contribution in [0.5, 0.6) is 0 Å². The molecule has 2 rings (SSSR count). The highest BCUT2D eigenvalue weighted by Gasteiger charge is 2.22. The predicted molar refractivity (Wildman–Crippen MR) is 90.8 cm³/mol. The van der Waals surface area contributed by atoms with E-state index in [2.05, 4.69) is 0 Å². The van der Waals surface area contributed by atoms with Gasteiger partial charge in [0.15, 0.2) is 0 Å². The van der Waals surface area contributed by atoms with Crippen LogP contribution in [-0.4, -0.2) is 26.0 Å². The Morgan fingerprint density at radius 2 is 1.70 bits per heavy atom. The van der Waals surface area contributed by atoms with Crippen molar-refractivity contribution >= 4 is 27.8 Å². The summed E-state index contributed by atoms with van der Waals surface area (Å²) in [7, 11) is -3.79. The lowest BCUT2D eigenvalue weighted by Gasteiger charge is -2.22. The Kier molecular flexibility index (Phi) is 5.18. The molecule has 2 aromatic carbocycles. The first kappa shape index (κ1) is 16.8. The highest BCUT2D eigenvalue weighted by molar-refractivity contribution is 7.95. The van der Waals surface area contributed by atoms with Gasteiger partial charge in [-0.3, -0.25) is 4.31 Å². The van der Waals surface area contributed by atoms with Crippen LogP contribution in [0.4, 0.5) is 5.69 Å². The number of benzene rings is 2. The molecule has 0 aliphatic heterocycles. The zero-order valence-corrected chi connectivity index (χ0v) is 13.4. The standard InChI is InChI=1S/C17H17NO4S/c1-2-18(16-11-7-6-10-15(16)17(19)20)23(21,22)13-12-14-8-4-3-5-9-14/h3-13H,2H2,1H3,(H,19,20). The van der Waals surface area contributed by atoms with E-state index >= 15 is 0 Å². The van der Waals surface area contributed by atoms with Crippen LogP contribution in [0.3, 0.4) is 0 Å². The van der Waals surface area contributed by atoms with Gasteiger partial charge in [0.05, 0.1) is 16.7 Å². The molecule has 0 aromatic heterocycles. The second-order valence-corrected chi connectivity index (χ2v) is 6.49. The van der Waals surface area contributed by atoms with Crippen LogP contribution in [0.1, 0.15) is 22.8 Å². The minimum atomic E-state index is -3.79. The molecule has 23 heavy (non-hydrogen) atoms. The summed E-state index contributed by atoms with van der Waals surface area (Å²) in [5, 5.41) is 10.3. The van der Waals surface area contributed by atoms with Crippen molar-refractivity contribution in [2.24, 2.45) is 0 Å². The maximum Gasteiger partial charge on any atom is 0.337 e. The lowest BCUT2D eigenvalue weighted by molar-refractivity contribution is 0.0698. The van der Waals surface area contributed by atoms with Crippen molar-refractivity contribution in [3.63, 3.8) is 0 Å². The zero-order chi connectivity index (χ0) is 16.9. The summed E-state index contributed by atoms with van der Waals surface area (Å²) in [4.78, 5) is 11.3. The van der Waals surface area contributed by atoms with Crippen molar-refractivity contribution in [1.29, 1.82) is 0 Å². The minimum absolute atomic E-state index is 0.0500. The molecule has 0 radical (unpaired) electrons. The van der Waals surface area contributed by atoms with Crippen LogP contribution in [0, 0.1) is 0 Å². The largest absolute Gasteiger partial charge is 0.478 e. The third-order valence-electron chi connectivity index (χ3n) is 3.23. The van der Waals surface area contributed by atoms with Crippen molar-refractivity contribution < 1.29 is 18.3 Å². The van der Waals surface area contributed by atoms with Crippen LogP contribution in [0.2, 0.25) is 0 Å². The van der Waals surface area contributed by atoms with Crippen molar-refractivity contribution in [3.05, 3.63) is 71.1 Å². The molecule has 0 fully saturated rings. The van der Waals surface area contributed by atoms with Gasteiger partial charge in [-0.15, -0.1) is 0 Å². The van der Waals surface area contributed by atoms with Gasteiger partial charge in [0, 0.05) is 6.54 Å². The van der Waals surface area contributed by atoms with Crippen LogP contribution in [0.25, 0.3) is 6.08 Å². The minimum Gasteiger partial charge on any atom is -0.478 e. The maximum absolute atomic E-state index is 12.6. The first-order valence-electron chi connectivity index (χ1n) is 7.04. The summed E-state index contributed by atoms with van der Waals surface area (Å²) < 4.78 is 26.2. The maximum atomic E-state index is 12.6. The fourth-order valence-electron chi connectivity index (χ4n) is 2.16. The van der Waals surface area contributed by atoms with Gasteiger partial charge in [0.2, 0.25) is 0 Å². The Bertz CT molecular complexity index is 813. The number of hydrogen-bond acceptors (Lipinski definition) is 3. The van der Waals surface area contributed by atoms with E-state index < -0.39 is 16.0 Å². The predicted octanol–water partition coefficient (Wildman–Crippen LogP) is 3.21. The number of para-hydroxylation sites is 1. The van der Waals surface area contributed by atoms with E-state index in [1.54, 1.807) is 31.2 Å². The molecular formula is C17H17NO4S. The molecule has 2 aromatic rings. The van der Waals surface area contributed by atoms with Gasteiger partial charge in [-0.05, 0) is 30.7 Å². The van der Waals surface area contributed by atoms with E-state index in [9.17, 15) is 18.3 Å². The average molecular weight is 331 g/mol. The van der Waals surface area contributed by atoms with Crippen molar-refractivity contribution in [1.82, 2.24) is 0 Å². The summed E-state index contributed by atoms with van der Waals surface area (Å²) in [5.41, 5.74) is 0.852. The molecular weight excluding hydrogens is 314 g/mol. The molecule has 0 unspecified atom stereocenters. The van der Waals surface area contributed by atoms with E-state index in [1.165, 1.54) is 18.2 Å². The van der Waals surface area contributed by atoms with Gasteiger partial charge in [-0.25, -0.2) is 13.2 Å². The van der Waals surface area contributed by atoms with Crippen molar-refractivity contribution in [2.45, 2.75) is 6.92 Å². The number of anilines is 1. The number of rotatable bonds is 6. The fourth-order valence-corrected chi connectivity index (χ4v) is 3.43. The molecule has 0 aliphatic carbocycles. The van der Waals surface area contributed by atoms with E-state index in [0.717, 1.165) is 15.3 Å². The first-order valence-corrected chi connectivity index (χ1v) is 8.54. The van der Waals surface area contributed by atoms with Crippen LogP contribution >= 0.6 is 0 Å². The van der Waals surface area contributed by atoms with E-state index in [1.807, 2.05) is 18.2 Å². The van der Waals surface area contributed by atoms with Crippen LogP contribution in [0.15, 0.2) is 60.0 Å². The molecule has 6 heteroatoms. The van der Waals surface area contributed by atoms with Gasteiger partial charge < -0.3 is 5.11 Å². The summed E-state index contributed by atoms with van der Waals surface area (Å²) in [5.74, 6) is -1.17. The molecule has 0 saturated carbocycles. The van der Waals surface area contributed by atoms with Gasteiger partial charge in [-0.1, -0.05) is 42.5 Å². The normalized spacial score (nSPS) is 11.5. The fraction of sp³-hybridized carbons (Fsp3) is 0.118. The molecule has 0 aliphatic rings. The number of carboxylic acid groups (broad SMARTS) is 1. The quantitative estimate of drug-likeness (QED) is 0.882. The Hall–Kier alpha value is -2.60. The number of sulfonamides is 1. The van der Waals surface area contributed by atoms with Crippen molar-refractivity contribution in [2.75, 3.05) is 10.8 Å². The average Bonchev–Trinajstić information content (AvgIpc) is 2.55. The third-order valence-corrected chi connectivity index (χ3v) is 4.78. The lowest BCUT2D eigenvalue weighted by atomic mass is 10.2. The van der Waals surface area contributed by atoms with Gasteiger partial charge in [0.1, 0.15) is 0 Å². The third kappa shape index (κ3) is 3.98. The number of hydrogen-bond donors (Lipinski definition) is 1. The Morgan fingerprint density at radius 1 is 1.09 bits per heavy atom. The first-order chi connectivity index (χ1) is 11.0. The summed E-state index contributed by atoms with van der Waals surface area (Å²) in [6.07, 6.45) is 1.49. The van der Waals surface area contributed by atoms with E-state index in [0.29, 0.717) is 0 Å². The SMILES string of the molecule is CCN(c1ccccc1C(=O)O)S(=O)(=O)C=Cc1ccccc1. The molecule has 1 N–H and O–H groups in total. The molecule has 0 saturated heterocycles. The van der Waals surface area contributed by atoms with Gasteiger partial charge in [-0.2, -0.15) is 0 Å². The second kappa shape index (κ2) is 7.11. The molecule has 0 heterocycles. The molecule has 0 atom stereocenters. The Balaban J connectivity index is 2.41. The monoisotopic (exact) mass is 331 g/mol. The topological polar surface area (TPSA) is 74.7 Å². The lowest BCUT2D eigenvalue weighted by Crippen LogP contribution is -2.30. The van der Waals surface area contributed by atoms with Gasteiger partial charge >= 0.3 is 5.97 Å². The van der Waals surface area contributed by atoms with Crippen molar-refractivity contribution in [3.8, 4) is 0 Å². The molecule has 120 valence electrons. The number of nitrogens with zero attached hydrogens (tertiary/aromatic N) is 1. The van der Waals surface area contributed by atoms with E-state index in [4.69, 9.17) is 0 Å². The Morgan fingerprint density at radius 3 is 2.30 bits per heavy atom. The van der Waals surface area contributed by atoms with Crippen LogP contribution < -0.4 is 4.31 Å². The van der Waals surface area contributed by atoms with Crippen LogP contribution in [-0.2, 0) is 10.0 Å².